The number of halogens is 1. The van der Waals surface area contributed by atoms with Gasteiger partial charge in [-0.1, -0.05) is 6.07 Å². The number of hydrogen-bond donors (Lipinski definition) is 1. The van der Waals surface area contributed by atoms with E-state index >= 15 is 0 Å². The van der Waals surface area contributed by atoms with Crippen molar-refractivity contribution in [3.8, 4) is 6.07 Å². The second-order valence-corrected chi connectivity index (χ2v) is 4.36. The highest BCUT2D eigenvalue weighted by molar-refractivity contribution is 5.82. The third kappa shape index (κ3) is 2.49. The van der Waals surface area contributed by atoms with Crippen molar-refractivity contribution < 1.29 is 9.18 Å². The minimum absolute atomic E-state index is 0.0168. The van der Waals surface area contributed by atoms with Crippen molar-refractivity contribution in [2.24, 2.45) is 0 Å². The molecule has 1 atom stereocenters. The predicted octanol–water partition coefficient (Wildman–Crippen LogP) is 1.02. The molecule has 1 aliphatic rings. The van der Waals surface area contributed by atoms with Crippen molar-refractivity contribution in [3.05, 3.63) is 35.1 Å². The molecule has 1 unspecified atom stereocenters. The summed E-state index contributed by atoms with van der Waals surface area (Å²) in [5, 5.41) is 11.8. The molecule has 1 aliphatic heterocycles. The van der Waals surface area contributed by atoms with Crippen molar-refractivity contribution in [1.29, 1.82) is 5.26 Å². The lowest BCUT2D eigenvalue weighted by molar-refractivity contribution is -0.135. The van der Waals surface area contributed by atoms with Crippen molar-refractivity contribution in [3.63, 3.8) is 0 Å². The number of amides is 1. The lowest BCUT2D eigenvalue weighted by Gasteiger charge is -2.31. The average molecular weight is 247 g/mol. The van der Waals surface area contributed by atoms with E-state index in [0.29, 0.717) is 13.1 Å². The Morgan fingerprint density at radius 2 is 2.39 bits per heavy atom. The van der Waals surface area contributed by atoms with E-state index in [1.807, 2.05) is 6.92 Å². The van der Waals surface area contributed by atoms with Crippen LogP contribution < -0.4 is 5.32 Å². The zero-order valence-corrected chi connectivity index (χ0v) is 10.1. The molecule has 18 heavy (non-hydrogen) atoms. The number of rotatable bonds is 2. The van der Waals surface area contributed by atoms with Crippen LogP contribution in [0, 0.1) is 17.1 Å². The van der Waals surface area contributed by atoms with Gasteiger partial charge in [-0.25, -0.2) is 4.39 Å². The summed E-state index contributed by atoms with van der Waals surface area (Å²) in [4.78, 5) is 13.6. The van der Waals surface area contributed by atoms with E-state index in [0.717, 1.165) is 12.1 Å². The predicted molar refractivity (Wildman–Crippen MR) is 64.0 cm³/mol. The standard InChI is InChI=1S/C13H14FN3O/c1-9-13(18)17(5-4-16-9)8-10-2-3-12(14)11(6-10)7-15/h2-3,6,9,16H,4-5,8H2,1H3. The van der Waals surface area contributed by atoms with Gasteiger partial charge in [0, 0.05) is 19.6 Å². The molecular weight excluding hydrogens is 233 g/mol. The summed E-state index contributed by atoms with van der Waals surface area (Å²) < 4.78 is 13.2. The summed E-state index contributed by atoms with van der Waals surface area (Å²) in [5.41, 5.74) is 0.790. The lowest BCUT2D eigenvalue weighted by atomic mass is 10.1. The van der Waals surface area contributed by atoms with Crippen LogP contribution in [0.2, 0.25) is 0 Å². The number of nitriles is 1. The minimum atomic E-state index is -0.527. The van der Waals surface area contributed by atoms with E-state index in [9.17, 15) is 9.18 Å². The van der Waals surface area contributed by atoms with Crippen LogP contribution in [0.3, 0.4) is 0 Å². The van der Waals surface area contributed by atoms with Gasteiger partial charge in [0.25, 0.3) is 0 Å². The molecule has 2 rings (SSSR count). The van der Waals surface area contributed by atoms with Crippen LogP contribution in [0.25, 0.3) is 0 Å². The van der Waals surface area contributed by atoms with Crippen LogP contribution >= 0.6 is 0 Å². The molecule has 1 heterocycles. The van der Waals surface area contributed by atoms with Gasteiger partial charge in [0.1, 0.15) is 11.9 Å². The van der Waals surface area contributed by atoms with Gasteiger partial charge in [0.05, 0.1) is 11.6 Å². The molecule has 4 nitrogen and oxygen atoms in total. The second-order valence-electron chi connectivity index (χ2n) is 4.36. The zero-order valence-electron chi connectivity index (χ0n) is 10.1. The van der Waals surface area contributed by atoms with Crippen LogP contribution in [0.5, 0.6) is 0 Å². The Bertz CT molecular complexity index is 509. The molecule has 0 spiro atoms. The van der Waals surface area contributed by atoms with Crippen LogP contribution in [0.4, 0.5) is 4.39 Å². The van der Waals surface area contributed by atoms with E-state index in [2.05, 4.69) is 5.32 Å². The first-order valence-corrected chi connectivity index (χ1v) is 5.82. The molecule has 0 aromatic heterocycles. The first-order valence-electron chi connectivity index (χ1n) is 5.82. The van der Waals surface area contributed by atoms with Crippen molar-refractivity contribution >= 4 is 5.91 Å². The zero-order chi connectivity index (χ0) is 13.1. The second kappa shape index (κ2) is 5.15. The highest BCUT2D eigenvalue weighted by Gasteiger charge is 2.24. The summed E-state index contributed by atoms with van der Waals surface area (Å²) in [5.74, 6) is -0.495. The first kappa shape index (κ1) is 12.5. The molecule has 5 heteroatoms. The lowest BCUT2D eigenvalue weighted by Crippen LogP contribution is -2.53. The maximum absolute atomic E-state index is 13.2. The molecule has 1 aromatic carbocycles. The maximum Gasteiger partial charge on any atom is 0.239 e. The Hall–Kier alpha value is -1.93. The van der Waals surface area contributed by atoms with Crippen molar-refractivity contribution in [2.75, 3.05) is 13.1 Å². The fourth-order valence-corrected chi connectivity index (χ4v) is 2.02. The number of nitrogens with one attached hydrogen (secondary N) is 1. The molecule has 1 fully saturated rings. The fourth-order valence-electron chi connectivity index (χ4n) is 2.02. The summed E-state index contributed by atoms with van der Waals surface area (Å²) in [6.07, 6.45) is 0. The van der Waals surface area contributed by atoms with Crippen LogP contribution in [-0.2, 0) is 11.3 Å². The van der Waals surface area contributed by atoms with E-state index in [1.54, 1.807) is 17.0 Å². The molecule has 1 aromatic rings. The van der Waals surface area contributed by atoms with Crippen LogP contribution in [-0.4, -0.2) is 29.9 Å². The van der Waals surface area contributed by atoms with E-state index in [1.165, 1.54) is 12.1 Å². The van der Waals surface area contributed by atoms with Crippen molar-refractivity contribution in [2.45, 2.75) is 19.5 Å². The third-order valence-corrected chi connectivity index (χ3v) is 3.04. The van der Waals surface area contributed by atoms with E-state index < -0.39 is 5.82 Å². The average Bonchev–Trinajstić information content (AvgIpc) is 2.37. The summed E-state index contributed by atoms with van der Waals surface area (Å²) in [6.45, 7) is 3.61. The first-order chi connectivity index (χ1) is 8.61. The molecule has 0 radical (unpaired) electrons. The van der Waals surface area contributed by atoms with Crippen molar-refractivity contribution in [1.82, 2.24) is 10.2 Å². The number of carbonyl (C=O) groups excluding carboxylic acids is 1. The quantitative estimate of drug-likeness (QED) is 0.848. The van der Waals surface area contributed by atoms with Gasteiger partial charge in [-0.05, 0) is 24.6 Å². The molecule has 0 aliphatic carbocycles. The number of piperazine rings is 1. The summed E-state index contributed by atoms with van der Waals surface area (Å²) in [6, 6.07) is 5.99. The largest absolute Gasteiger partial charge is 0.336 e. The van der Waals surface area contributed by atoms with Gasteiger partial charge in [0.2, 0.25) is 5.91 Å². The SMILES string of the molecule is CC1NCCN(Cc2ccc(F)c(C#N)c2)C1=O. The van der Waals surface area contributed by atoms with Gasteiger partial charge in [-0.2, -0.15) is 5.26 Å². The smallest absolute Gasteiger partial charge is 0.239 e. The maximum atomic E-state index is 13.2. The van der Waals surface area contributed by atoms with E-state index in [-0.39, 0.29) is 17.5 Å². The van der Waals surface area contributed by atoms with Crippen LogP contribution in [0.1, 0.15) is 18.1 Å². The Labute approximate surface area is 105 Å². The topological polar surface area (TPSA) is 56.1 Å². The van der Waals surface area contributed by atoms with Gasteiger partial charge >= 0.3 is 0 Å². The summed E-state index contributed by atoms with van der Waals surface area (Å²) >= 11 is 0. The molecule has 0 saturated carbocycles. The molecule has 0 bridgehead atoms. The number of benzene rings is 1. The van der Waals surface area contributed by atoms with Gasteiger partial charge in [-0.15, -0.1) is 0 Å². The molecule has 1 saturated heterocycles. The van der Waals surface area contributed by atoms with Gasteiger partial charge in [0.15, 0.2) is 0 Å². The molecule has 94 valence electrons. The number of carbonyl (C=O) groups is 1. The number of hydrogen-bond acceptors (Lipinski definition) is 3. The molecular formula is C13H14FN3O. The Morgan fingerprint density at radius 1 is 1.61 bits per heavy atom. The summed E-state index contributed by atoms with van der Waals surface area (Å²) in [7, 11) is 0. The van der Waals surface area contributed by atoms with Gasteiger partial charge < -0.3 is 10.2 Å². The Morgan fingerprint density at radius 3 is 3.11 bits per heavy atom. The Balaban J connectivity index is 2.14. The Kier molecular flexibility index (Phi) is 3.58. The fraction of sp³-hybridized carbons (Fsp3) is 0.385. The minimum Gasteiger partial charge on any atom is -0.336 e. The number of nitrogens with zero attached hydrogens (tertiary/aromatic N) is 2. The molecule has 1 N–H and O–H groups in total. The van der Waals surface area contributed by atoms with Crippen LogP contribution in [0.15, 0.2) is 18.2 Å². The monoisotopic (exact) mass is 247 g/mol. The van der Waals surface area contributed by atoms with Gasteiger partial charge in [-0.3, -0.25) is 4.79 Å². The highest BCUT2D eigenvalue weighted by atomic mass is 19.1. The molecule has 1 amide bonds. The van der Waals surface area contributed by atoms with E-state index in [4.69, 9.17) is 5.26 Å². The highest BCUT2D eigenvalue weighted by Crippen LogP contribution is 2.13. The normalized spacial score (nSPS) is 19.7. The third-order valence-electron chi connectivity index (χ3n) is 3.04.